The molecule has 2 bridgehead atoms. The highest BCUT2D eigenvalue weighted by Crippen LogP contribution is 2.16. The Hall–Kier alpha value is -1.06. The van der Waals surface area contributed by atoms with E-state index in [0.29, 0.717) is 0 Å². The molecular formula is C16H26N2O+2. The van der Waals surface area contributed by atoms with E-state index in [-0.39, 0.29) is 0 Å². The highest BCUT2D eigenvalue weighted by molar-refractivity contribution is 5.27. The van der Waals surface area contributed by atoms with E-state index in [9.17, 15) is 0 Å². The van der Waals surface area contributed by atoms with Gasteiger partial charge >= 0.3 is 0 Å². The summed E-state index contributed by atoms with van der Waals surface area (Å²) >= 11 is 0. The summed E-state index contributed by atoms with van der Waals surface area (Å²) in [5.74, 6) is 1.97. The van der Waals surface area contributed by atoms with Crippen LogP contribution in [0.1, 0.15) is 25.3 Å². The Labute approximate surface area is 115 Å². The molecule has 0 unspecified atom stereocenters. The van der Waals surface area contributed by atoms with Crippen LogP contribution in [0.4, 0.5) is 0 Å². The van der Waals surface area contributed by atoms with Crippen molar-refractivity contribution in [2.75, 3.05) is 26.2 Å². The third-order valence-electron chi connectivity index (χ3n) is 4.73. The van der Waals surface area contributed by atoms with E-state index in [1.54, 1.807) is 0 Å². The molecule has 3 aliphatic heterocycles. The number of benzene rings is 1. The Balaban J connectivity index is 1.55. The minimum absolute atomic E-state index is 0.746. The predicted octanol–water partition coefficient (Wildman–Crippen LogP) is -0.174. The molecule has 104 valence electrons. The Morgan fingerprint density at radius 3 is 2.84 bits per heavy atom. The number of quaternary nitrogens is 2. The predicted molar refractivity (Wildman–Crippen MR) is 75.3 cm³/mol. The quantitative estimate of drug-likeness (QED) is 0.758. The van der Waals surface area contributed by atoms with Crippen LogP contribution in [0.3, 0.4) is 0 Å². The molecule has 3 aliphatic rings. The van der Waals surface area contributed by atoms with Crippen molar-refractivity contribution in [2.45, 2.75) is 32.4 Å². The van der Waals surface area contributed by atoms with Crippen molar-refractivity contribution in [3.63, 3.8) is 0 Å². The molecule has 3 saturated heterocycles. The van der Waals surface area contributed by atoms with Gasteiger partial charge in [0.1, 0.15) is 24.9 Å². The van der Waals surface area contributed by atoms with E-state index in [2.05, 4.69) is 23.5 Å². The number of hydrogen-bond acceptors (Lipinski definition) is 1. The van der Waals surface area contributed by atoms with Crippen LogP contribution in [-0.4, -0.2) is 32.3 Å². The zero-order valence-corrected chi connectivity index (χ0v) is 11.9. The van der Waals surface area contributed by atoms with Gasteiger partial charge in [-0.05, 0) is 19.1 Å². The molecule has 0 aromatic heterocycles. The van der Waals surface area contributed by atoms with Gasteiger partial charge in [-0.3, -0.25) is 0 Å². The van der Waals surface area contributed by atoms with Crippen molar-refractivity contribution < 1.29 is 15.0 Å². The number of fused-ring (bicyclic) bond motifs is 3. The van der Waals surface area contributed by atoms with Gasteiger partial charge in [0, 0.05) is 24.3 Å². The zero-order chi connectivity index (χ0) is 13.1. The second-order valence-electron chi connectivity index (χ2n) is 5.98. The lowest BCUT2D eigenvalue weighted by atomic mass is 9.84. The first-order valence-corrected chi connectivity index (χ1v) is 7.74. The SMILES string of the molecule is CCOc1cccc(C[NH2+][C@@H]2C[NH+]3CCC2CC3)c1. The van der Waals surface area contributed by atoms with Crippen LogP contribution in [0.15, 0.2) is 24.3 Å². The minimum atomic E-state index is 0.746. The maximum atomic E-state index is 5.57. The Morgan fingerprint density at radius 2 is 2.16 bits per heavy atom. The van der Waals surface area contributed by atoms with E-state index in [1.165, 1.54) is 38.0 Å². The molecule has 1 aromatic rings. The summed E-state index contributed by atoms with van der Waals surface area (Å²) in [4.78, 5) is 1.83. The van der Waals surface area contributed by atoms with Crippen LogP contribution < -0.4 is 15.0 Å². The fourth-order valence-corrected chi connectivity index (χ4v) is 3.67. The van der Waals surface area contributed by atoms with Gasteiger partial charge in [0.15, 0.2) is 0 Å². The highest BCUT2D eigenvalue weighted by Gasteiger charge is 2.39. The molecule has 3 N–H and O–H groups in total. The maximum absolute atomic E-state index is 5.57. The van der Waals surface area contributed by atoms with Crippen LogP contribution in [-0.2, 0) is 6.54 Å². The van der Waals surface area contributed by atoms with E-state index < -0.39 is 0 Å². The van der Waals surface area contributed by atoms with Crippen LogP contribution in [0, 0.1) is 5.92 Å². The molecule has 3 heteroatoms. The van der Waals surface area contributed by atoms with Crippen molar-refractivity contribution in [2.24, 2.45) is 5.92 Å². The summed E-state index contributed by atoms with van der Waals surface area (Å²) in [5.41, 5.74) is 1.39. The molecule has 0 spiro atoms. The molecule has 1 aromatic carbocycles. The summed E-state index contributed by atoms with van der Waals surface area (Å²) in [6.07, 6.45) is 2.88. The number of piperidine rings is 3. The van der Waals surface area contributed by atoms with Crippen molar-refractivity contribution in [3.8, 4) is 5.75 Å². The van der Waals surface area contributed by atoms with Crippen LogP contribution in [0.2, 0.25) is 0 Å². The molecule has 4 rings (SSSR count). The topological polar surface area (TPSA) is 30.3 Å². The average Bonchev–Trinajstić information content (AvgIpc) is 2.47. The Bertz CT molecular complexity index is 413. The molecule has 0 saturated carbocycles. The van der Waals surface area contributed by atoms with Crippen molar-refractivity contribution >= 4 is 0 Å². The van der Waals surface area contributed by atoms with Crippen molar-refractivity contribution in [3.05, 3.63) is 29.8 Å². The van der Waals surface area contributed by atoms with Crippen molar-refractivity contribution in [1.82, 2.24) is 0 Å². The molecule has 3 heterocycles. The second kappa shape index (κ2) is 5.93. The first kappa shape index (κ1) is 12.9. The van der Waals surface area contributed by atoms with Crippen LogP contribution in [0.5, 0.6) is 5.75 Å². The summed E-state index contributed by atoms with van der Waals surface area (Å²) in [5, 5.41) is 2.56. The Morgan fingerprint density at radius 1 is 1.32 bits per heavy atom. The van der Waals surface area contributed by atoms with Gasteiger partial charge in [-0.1, -0.05) is 12.1 Å². The van der Waals surface area contributed by atoms with Gasteiger partial charge in [0.05, 0.1) is 19.7 Å². The number of ether oxygens (including phenoxy) is 1. The van der Waals surface area contributed by atoms with Crippen LogP contribution in [0.25, 0.3) is 0 Å². The lowest BCUT2D eigenvalue weighted by molar-refractivity contribution is -0.943. The van der Waals surface area contributed by atoms with E-state index >= 15 is 0 Å². The molecule has 19 heavy (non-hydrogen) atoms. The molecule has 0 radical (unpaired) electrons. The monoisotopic (exact) mass is 262 g/mol. The summed E-state index contributed by atoms with van der Waals surface area (Å²) in [7, 11) is 0. The average molecular weight is 262 g/mol. The third-order valence-corrected chi connectivity index (χ3v) is 4.73. The summed E-state index contributed by atoms with van der Waals surface area (Å²) in [6, 6.07) is 9.40. The number of nitrogens with one attached hydrogen (secondary N) is 1. The molecule has 3 nitrogen and oxygen atoms in total. The minimum Gasteiger partial charge on any atom is -0.494 e. The normalized spacial score (nSPS) is 29.4. The van der Waals surface area contributed by atoms with Gasteiger partial charge in [-0.25, -0.2) is 0 Å². The smallest absolute Gasteiger partial charge is 0.139 e. The van der Waals surface area contributed by atoms with Gasteiger partial charge < -0.3 is 15.0 Å². The number of rotatable bonds is 5. The van der Waals surface area contributed by atoms with Gasteiger partial charge in [-0.2, -0.15) is 0 Å². The molecular weight excluding hydrogens is 236 g/mol. The van der Waals surface area contributed by atoms with Crippen LogP contribution >= 0.6 is 0 Å². The highest BCUT2D eigenvalue weighted by atomic mass is 16.5. The maximum Gasteiger partial charge on any atom is 0.139 e. The largest absolute Gasteiger partial charge is 0.494 e. The zero-order valence-electron chi connectivity index (χ0n) is 11.9. The lowest BCUT2D eigenvalue weighted by Crippen LogP contribution is -3.20. The third kappa shape index (κ3) is 3.10. The fourth-order valence-electron chi connectivity index (χ4n) is 3.67. The number of nitrogens with two attached hydrogens (primary N) is 1. The standard InChI is InChI=1S/C16H24N2O/c1-2-19-15-5-3-4-13(10-15)11-17-16-12-18-8-6-14(16)7-9-18/h3-5,10,14,16-17H,2,6-9,11-12H2,1H3/p+2/t16-/m1/s1. The molecule has 0 aliphatic carbocycles. The van der Waals surface area contributed by atoms with E-state index in [1.807, 2.05) is 17.9 Å². The van der Waals surface area contributed by atoms with Gasteiger partial charge in [-0.15, -0.1) is 0 Å². The number of hydrogen-bond donors (Lipinski definition) is 2. The van der Waals surface area contributed by atoms with Gasteiger partial charge in [0.2, 0.25) is 0 Å². The van der Waals surface area contributed by atoms with Crippen molar-refractivity contribution in [1.29, 1.82) is 0 Å². The fraction of sp³-hybridized carbons (Fsp3) is 0.625. The molecule has 1 atom stereocenters. The first-order chi connectivity index (χ1) is 9.35. The summed E-state index contributed by atoms with van der Waals surface area (Å²) < 4.78 is 5.57. The lowest BCUT2D eigenvalue weighted by Gasteiger charge is -2.40. The van der Waals surface area contributed by atoms with E-state index in [4.69, 9.17) is 4.74 Å². The Kier molecular flexibility index (Phi) is 4.04. The second-order valence-corrected chi connectivity index (χ2v) is 5.98. The molecule has 3 fully saturated rings. The van der Waals surface area contributed by atoms with Gasteiger partial charge in [0.25, 0.3) is 0 Å². The molecule has 0 amide bonds. The van der Waals surface area contributed by atoms with E-state index in [0.717, 1.165) is 30.9 Å². The first-order valence-electron chi connectivity index (χ1n) is 7.74. The summed E-state index contributed by atoms with van der Waals surface area (Å²) in [6.45, 7) is 8.07.